The van der Waals surface area contributed by atoms with E-state index in [1.165, 1.54) is 13.3 Å². The highest BCUT2D eigenvalue weighted by atomic mass is 35.5. The highest BCUT2D eigenvalue weighted by molar-refractivity contribution is 6.30. The average molecular weight is 286 g/mol. The maximum absolute atomic E-state index is 11.7. The summed E-state index contributed by atoms with van der Waals surface area (Å²) < 4.78 is 4.52. The Balaban J connectivity index is 2.52. The van der Waals surface area contributed by atoms with Gasteiger partial charge in [-0.1, -0.05) is 11.6 Å². The lowest BCUT2D eigenvalue weighted by Gasteiger charge is -2.19. The average Bonchev–Trinajstić information content (AvgIpc) is 2.38. The lowest BCUT2D eigenvalue weighted by atomic mass is 10.3. The van der Waals surface area contributed by atoms with Crippen LogP contribution in [0.5, 0.6) is 0 Å². The Kier molecular flexibility index (Phi) is 5.57. The molecule has 1 unspecified atom stereocenters. The predicted octanol–water partition coefficient (Wildman–Crippen LogP) is 0.849. The highest BCUT2D eigenvalue weighted by Gasteiger charge is 2.17. The Labute approximate surface area is 116 Å². The minimum absolute atomic E-state index is 0.0793. The van der Waals surface area contributed by atoms with Gasteiger partial charge in [-0.2, -0.15) is 0 Å². The maximum atomic E-state index is 11.7. The number of hydrogen-bond acceptors (Lipinski definition) is 5. The Morgan fingerprint density at radius 3 is 2.74 bits per heavy atom. The number of methoxy groups -OCH3 is 1. The van der Waals surface area contributed by atoms with E-state index in [1.807, 2.05) is 0 Å². The summed E-state index contributed by atoms with van der Waals surface area (Å²) >= 11 is 5.73. The Morgan fingerprint density at radius 2 is 2.21 bits per heavy atom. The van der Waals surface area contributed by atoms with Gasteiger partial charge in [0.1, 0.15) is 11.9 Å². The molecule has 0 aliphatic rings. The Bertz CT molecular complexity index is 450. The molecule has 0 aliphatic heterocycles. The summed E-state index contributed by atoms with van der Waals surface area (Å²) in [4.78, 5) is 28.6. The van der Waals surface area contributed by atoms with Crippen LogP contribution in [-0.4, -0.2) is 43.6 Å². The zero-order valence-electron chi connectivity index (χ0n) is 11.0. The van der Waals surface area contributed by atoms with Gasteiger partial charge in [-0.05, 0) is 19.1 Å². The van der Waals surface area contributed by atoms with E-state index in [-0.39, 0.29) is 12.5 Å². The van der Waals surface area contributed by atoms with Crippen molar-refractivity contribution in [2.45, 2.75) is 13.0 Å². The predicted molar refractivity (Wildman–Crippen MR) is 72.1 cm³/mol. The van der Waals surface area contributed by atoms with Crippen LogP contribution in [-0.2, 0) is 14.3 Å². The van der Waals surface area contributed by atoms with Crippen molar-refractivity contribution in [1.82, 2.24) is 10.3 Å². The molecule has 0 bridgehead atoms. The number of ether oxygens (including phenoxy) is 1. The first kappa shape index (κ1) is 15.2. The van der Waals surface area contributed by atoms with Crippen LogP contribution in [0.2, 0.25) is 5.02 Å². The molecule has 0 spiro atoms. The topological polar surface area (TPSA) is 71.5 Å². The number of pyridine rings is 1. The number of likely N-dealkylation sites (N-methyl/N-ethyl adjacent to an activating group) is 1. The molecule has 0 saturated heterocycles. The van der Waals surface area contributed by atoms with Gasteiger partial charge in [0.15, 0.2) is 0 Å². The van der Waals surface area contributed by atoms with Crippen LogP contribution >= 0.6 is 11.6 Å². The van der Waals surface area contributed by atoms with Gasteiger partial charge in [0, 0.05) is 13.2 Å². The van der Waals surface area contributed by atoms with Crippen molar-refractivity contribution in [3.63, 3.8) is 0 Å². The fourth-order valence-electron chi connectivity index (χ4n) is 1.41. The lowest BCUT2D eigenvalue weighted by Crippen LogP contribution is -2.43. The molecule has 1 heterocycles. The SMILES string of the molecule is COC(=O)C(C)NC(=O)CN(C)c1ccc(Cl)cn1. The first-order chi connectivity index (χ1) is 8.93. The normalized spacial score (nSPS) is 11.6. The number of amides is 1. The summed E-state index contributed by atoms with van der Waals surface area (Å²) in [6.07, 6.45) is 1.50. The van der Waals surface area contributed by atoms with Crippen LogP contribution < -0.4 is 10.2 Å². The summed E-state index contributed by atoms with van der Waals surface area (Å²) in [6.45, 7) is 1.64. The van der Waals surface area contributed by atoms with Crippen molar-refractivity contribution in [3.05, 3.63) is 23.4 Å². The first-order valence-electron chi connectivity index (χ1n) is 5.64. The van der Waals surface area contributed by atoms with E-state index in [1.54, 1.807) is 31.0 Å². The molecule has 1 aromatic rings. The molecular formula is C12H16ClN3O3. The van der Waals surface area contributed by atoms with E-state index in [0.717, 1.165) is 0 Å². The largest absolute Gasteiger partial charge is 0.467 e. The second-order valence-electron chi connectivity index (χ2n) is 4.00. The number of halogens is 1. The molecule has 1 rings (SSSR count). The van der Waals surface area contributed by atoms with Crippen LogP contribution in [0, 0.1) is 0 Å². The standard InChI is InChI=1S/C12H16ClN3O3/c1-8(12(18)19-3)15-11(17)7-16(2)10-5-4-9(13)6-14-10/h4-6,8H,7H2,1-3H3,(H,15,17). The van der Waals surface area contributed by atoms with Gasteiger partial charge in [-0.3, -0.25) is 4.79 Å². The third kappa shape index (κ3) is 4.75. The van der Waals surface area contributed by atoms with Crippen LogP contribution in [0.1, 0.15) is 6.92 Å². The Hall–Kier alpha value is -1.82. The third-order valence-corrected chi connectivity index (χ3v) is 2.64. The van der Waals surface area contributed by atoms with Crippen molar-refractivity contribution in [3.8, 4) is 0 Å². The molecule has 0 fully saturated rings. The molecule has 1 atom stereocenters. The first-order valence-corrected chi connectivity index (χ1v) is 6.01. The van der Waals surface area contributed by atoms with E-state index in [0.29, 0.717) is 10.8 Å². The minimum Gasteiger partial charge on any atom is -0.467 e. The molecule has 0 saturated carbocycles. The number of esters is 1. The molecule has 7 heteroatoms. The summed E-state index contributed by atoms with van der Waals surface area (Å²) in [7, 11) is 2.99. The molecule has 0 radical (unpaired) electrons. The van der Waals surface area contributed by atoms with E-state index < -0.39 is 12.0 Å². The highest BCUT2D eigenvalue weighted by Crippen LogP contribution is 2.12. The van der Waals surface area contributed by atoms with E-state index >= 15 is 0 Å². The van der Waals surface area contributed by atoms with E-state index in [9.17, 15) is 9.59 Å². The molecule has 19 heavy (non-hydrogen) atoms. The number of nitrogens with zero attached hydrogens (tertiary/aromatic N) is 2. The quantitative estimate of drug-likeness (QED) is 0.812. The fourth-order valence-corrected chi connectivity index (χ4v) is 1.52. The zero-order valence-corrected chi connectivity index (χ0v) is 11.8. The van der Waals surface area contributed by atoms with Gasteiger partial charge in [0.25, 0.3) is 0 Å². The van der Waals surface area contributed by atoms with Gasteiger partial charge in [0.05, 0.1) is 18.7 Å². The minimum atomic E-state index is -0.677. The monoisotopic (exact) mass is 285 g/mol. The van der Waals surface area contributed by atoms with Crippen molar-refractivity contribution in [2.24, 2.45) is 0 Å². The second kappa shape index (κ2) is 6.94. The van der Waals surface area contributed by atoms with Gasteiger partial charge in [0.2, 0.25) is 5.91 Å². The van der Waals surface area contributed by atoms with Crippen molar-refractivity contribution < 1.29 is 14.3 Å². The number of anilines is 1. The number of hydrogen-bond donors (Lipinski definition) is 1. The second-order valence-corrected chi connectivity index (χ2v) is 4.44. The van der Waals surface area contributed by atoms with E-state index in [4.69, 9.17) is 11.6 Å². The fraction of sp³-hybridized carbons (Fsp3) is 0.417. The Morgan fingerprint density at radius 1 is 1.53 bits per heavy atom. The molecule has 104 valence electrons. The van der Waals surface area contributed by atoms with Crippen LogP contribution in [0.4, 0.5) is 5.82 Å². The van der Waals surface area contributed by atoms with Gasteiger partial charge in [-0.25, -0.2) is 9.78 Å². The number of nitrogens with one attached hydrogen (secondary N) is 1. The molecule has 0 aromatic carbocycles. The van der Waals surface area contributed by atoms with Gasteiger partial charge < -0.3 is 15.0 Å². The van der Waals surface area contributed by atoms with Crippen LogP contribution in [0.25, 0.3) is 0 Å². The summed E-state index contributed by atoms with van der Waals surface area (Å²) in [5.41, 5.74) is 0. The zero-order chi connectivity index (χ0) is 14.4. The maximum Gasteiger partial charge on any atom is 0.328 e. The molecule has 1 amide bonds. The van der Waals surface area contributed by atoms with Crippen molar-refractivity contribution in [2.75, 3.05) is 25.6 Å². The van der Waals surface area contributed by atoms with Crippen molar-refractivity contribution >= 4 is 29.3 Å². The molecule has 6 nitrogen and oxygen atoms in total. The summed E-state index contributed by atoms with van der Waals surface area (Å²) in [6, 6.07) is 2.72. The number of aromatic nitrogens is 1. The number of carbonyl (C=O) groups is 2. The lowest BCUT2D eigenvalue weighted by molar-refractivity contribution is -0.144. The third-order valence-electron chi connectivity index (χ3n) is 2.42. The summed E-state index contributed by atoms with van der Waals surface area (Å²) in [5, 5.41) is 3.06. The molecule has 0 aliphatic carbocycles. The van der Waals surface area contributed by atoms with Gasteiger partial charge in [-0.15, -0.1) is 0 Å². The summed E-state index contributed by atoms with van der Waals surface area (Å²) in [5.74, 6) is -0.164. The molecule has 1 aromatic heterocycles. The number of carbonyl (C=O) groups excluding carboxylic acids is 2. The smallest absolute Gasteiger partial charge is 0.328 e. The number of rotatable bonds is 5. The van der Waals surface area contributed by atoms with E-state index in [2.05, 4.69) is 15.0 Å². The molecule has 1 N–H and O–H groups in total. The van der Waals surface area contributed by atoms with Crippen molar-refractivity contribution in [1.29, 1.82) is 0 Å². The molecular weight excluding hydrogens is 270 g/mol. The van der Waals surface area contributed by atoms with Crippen LogP contribution in [0.3, 0.4) is 0 Å². The van der Waals surface area contributed by atoms with Gasteiger partial charge >= 0.3 is 5.97 Å². The van der Waals surface area contributed by atoms with Crippen LogP contribution in [0.15, 0.2) is 18.3 Å².